The van der Waals surface area contributed by atoms with Crippen molar-refractivity contribution in [1.82, 2.24) is 4.98 Å². The van der Waals surface area contributed by atoms with Crippen molar-refractivity contribution in [2.75, 3.05) is 10.6 Å². The Morgan fingerprint density at radius 2 is 1.69 bits per heavy atom. The second kappa shape index (κ2) is 13.0. The van der Waals surface area contributed by atoms with Crippen LogP contribution < -0.4 is 15.4 Å². The van der Waals surface area contributed by atoms with Gasteiger partial charge in [0.15, 0.2) is 9.84 Å². The van der Waals surface area contributed by atoms with E-state index >= 15 is 0 Å². The minimum absolute atomic E-state index is 0.0484. The second-order valence-electron chi connectivity index (χ2n) is 9.11. The largest absolute Gasteiger partial charge is 0.506 e. The number of pyridine rings is 1. The number of carbonyl (C=O) groups excluding carboxylic acids is 2. The van der Waals surface area contributed by atoms with Gasteiger partial charge in [0.05, 0.1) is 31.3 Å². The highest BCUT2D eigenvalue weighted by atomic mass is 35.5. The molecule has 13 heteroatoms. The standard InChI is InChI=1S/C29H24Cl3N3O6S/c1-3-26(42(39,40)19-8-10-27(33-15-19)41-18-6-4-5-16(2)11-18)29(38)34-23-14-25(36)24(13-22(23)32)35-28(37)17-7-9-20(30)21(31)12-17/h4-15,26,36H,3H2,1-2H3,(H,34,38)(H,35,37). The van der Waals surface area contributed by atoms with E-state index in [0.29, 0.717) is 5.75 Å². The molecule has 42 heavy (non-hydrogen) atoms. The molecule has 0 fully saturated rings. The molecule has 4 rings (SSSR count). The van der Waals surface area contributed by atoms with Gasteiger partial charge >= 0.3 is 0 Å². The Balaban J connectivity index is 1.48. The van der Waals surface area contributed by atoms with E-state index in [1.54, 1.807) is 13.0 Å². The molecule has 4 aromatic rings. The highest BCUT2D eigenvalue weighted by molar-refractivity contribution is 7.92. The third kappa shape index (κ3) is 7.14. The fourth-order valence-electron chi connectivity index (χ4n) is 3.91. The van der Waals surface area contributed by atoms with Crippen molar-refractivity contribution in [3.63, 3.8) is 0 Å². The molecule has 1 atom stereocenters. The number of amides is 2. The molecule has 3 N–H and O–H groups in total. The van der Waals surface area contributed by atoms with Crippen molar-refractivity contribution >= 4 is 67.8 Å². The lowest BCUT2D eigenvalue weighted by atomic mass is 10.2. The number of hydrogen-bond donors (Lipinski definition) is 3. The van der Waals surface area contributed by atoms with Crippen LogP contribution in [0.5, 0.6) is 17.4 Å². The molecule has 1 aromatic heterocycles. The molecule has 3 aromatic carbocycles. The molecule has 9 nitrogen and oxygen atoms in total. The highest BCUT2D eigenvalue weighted by Gasteiger charge is 2.33. The number of hydrogen-bond acceptors (Lipinski definition) is 7. The Kier molecular flexibility index (Phi) is 9.63. The van der Waals surface area contributed by atoms with E-state index in [1.165, 1.54) is 36.4 Å². The van der Waals surface area contributed by atoms with Gasteiger partial charge in [-0.2, -0.15) is 0 Å². The fraction of sp³-hybridized carbons (Fsp3) is 0.138. The van der Waals surface area contributed by atoms with Crippen LogP contribution in [-0.2, 0) is 14.6 Å². The molecular weight excluding hydrogens is 625 g/mol. The van der Waals surface area contributed by atoms with Gasteiger partial charge in [0.25, 0.3) is 5.91 Å². The monoisotopic (exact) mass is 647 g/mol. The van der Waals surface area contributed by atoms with Crippen molar-refractivity contribution in [1.29, 1.82) is 0 Å². The average molecular weight is 649 g/mol. The van der Waals surface area contributed by atoms with Crippen LogP contribution in [0.2, 0.25) is 15.1 Å². The number of aromatic nitrogens is 1. The molecule has 0 spiro atoms. The maximum absolute atomic E-state index is 13.3. The smallest absolute Gasteiger partial charge is 0.255 e. The maximum atomic E-state index is 13.3. The third-order valence-electron chi connectivity index (χ3n) is 6.06. The lowest BCUT2D eigenvalue weighted by molar-refractivity contribution is -0.115. The molecule has 2 amide bonds. The van der Waals surface area contributed by atoms with Gasteiger partial charge in [0.2, 0.25) is 11.8 Å². The van der Waals surface area contributed by atoms with E-state index in [4.69, 9.17) is 39.5 Å². The summed E-state index contributed by atoms with van der Waals surface area (Å²) in [5.41, 5.74) is 1.06. The quantitative estimate of drug-likeness (QED) is 0.162. The summed E-state index contributed by atoms with van der Waals surface area (Å²) in [6, 6.07) is 16.6. The lowest BCUT2D eigenvalue weighted by Crippen LogP contribution is -2.34. The number of nitrogens with one attached hydrogen (secondary N) is 2. The molecule has 1 unspecified atom stereocenters. The van der Waals surface area contributed by atoms with Crippen LogP contribution >= 0.6 is 34.8 Å². The van der Waals surface area contributed by atoms with Crippen molar-refractivity contribution in [3.8, 4) is 17.4 Å². The first-order valence-corrected chi connectivity index (χ1v) is 15.1. The summed E-state index contributed by atoms with van der Waals surface area (Å²) in [4.78, 5) is 29.6. The summed E-state index contributed by atoms with van der Waals surface area (Å²) in [6.45, 7) is 3.46. The minimum Gasteiger partial charge on any atom is -0.506 e. The number of nitrogens with zero attached hydrogens (tertiary/aromatic N) is 1. The van der Waals surface area contributed by atoms with Crippen molar-refractivity contribution in [3.05, 3.63) is 99.1 Å². The van der Waals surface area contributed by atoms with Crippen molar-refractivity contribution < 1.29 is 27.9 Å². The zero-order chi connectivity index (χ0) is 30.6. The van der Waals surface area contributed by atoms with Gasteiger partial charge in [-0.25, -0.2) is 13.4 Å². The molecule has 0 aliphatic rings. The van der Waals surface area contributed by atoms with Gasteiger partial charge in [-0.1, -0.05) is 53.9 Å². The van der Waals surface area contributed by atoms with Gasteiger partial charge in [0, 0.05) is 23.9 Å². The number of aromatic hydroxyl groups is 1. The van der Waals surface area contributed by atoms with Gasteiger partial charge in [0.1, 0.15) is 16.7 Å². The first-order valence-electron chi connectivity index (χ1n) is 12.4. The van der Waals surface area contributed by atoms with Crippen molar-refractivity contribution in [2.24, 2.45) is 0 Å². The Labute approximate surface area is 257 Å². The van der Waals surface area contributed by atoms with E-state index in [-0.39, 0.29) is 49.2 Å². The van der Waals surface area contributed by atoms with Crippen LogP contribution in [0.25, 0.3) is 0 Å². The SMILES string of the molecule is CCC(C(=O)Nc1cc(O)c(NC(=O)c2ccc(Cl)c(Cl)c2)cc1Cl)S(=O)(=O)c1ccc(Oc2cccc(C)c2)nc1. The normalized spacial score (nSPS) is 11.9. The zero-order valence-corrected chi connectivity index (χ0v) is 25.3. The van der Waals surface area contributed by atoms with Gasteiger partial charge < -0.3 is 20.5 Å². The average Bonchev–Trinajstić information content (AvgIpc) is 2.93. The van der Waals surface area contributed by atoms with Crippen LogP contribution in [0, 0.1) is 6.92 Å². The number of halogens is 3. The van der Waals surface area contributed by atoms with Gasteiger partial charge in [-0.05, 0) is 61.4 Å². The van der Waals surface area contributed by atoms with Crippen LogP contribution in [0.1, 0.15) is 29.3 Å². The van der Waals surface area contributed by atoms with Gasteiger partial charge in [-0.15, -0.1) is 0 Å². The summed E-state index contributed by atoms with van der Waals surface area (Å²) in [5.74, 6) is -1.16. The summed E-state index contributed by atoms with van der Waals surface area (Å²) >= 11 is 18.1. The number of ether oxygens (including phenoxy) is 1. The number of anilines is 2. The van der Waals surface area contributed by atoms with E-state index in [1.807, 2.05) is 25.1 Å². The fourth-order valence-corrected chi connectivity index (χ4v) is 5.98. The maximum Gasteiger partial charge on any atom is 0.255 e. The number of aryl methyl sites for hydroxylation is 1. The summed E-state index contributed by atoms with van der Waals surface area (Å²) in [5, 5.41) is 14.3. The van der Waals surface area contributed by atoms with Crippen LogP contribution in [0.4, 0.5) is 11.4 Å². The van der Waals surface area contributed by atoms with Gasteiger partial charge in [-0.3, -0.25) is 9.59 Å². The van der Waals surface area contributed by atoms with E-state index in [9.17, 15) is 23.1 Å². The molecular formula is C29H24Cl3N3O6S. The highest BCUT2D eigenvalue weighted by Crippen LogP contribution is 2.35. The first kappa shape index (κ1) is 31.1. The predicted molar refractivity (Wildman–Crippen MR) is 163 cm³/mol. The molecule has 0 radical (unpaired) electrons. The number of phenols is 1. The van der Waals surface area contributed by atoms with Crippen LogP contribution in [0.3, 0.4) is 0 Å². The number of benzene rings is 3. The number of carbonyl (C=O) groups is 2. The number of sulfone groups is 1. The third-order valence-corrected chi connectivity index (χ3v) is 9.31. The van der Waals surface area contributed by atoms with E-state index in [2.05, 4.69) is 15.6 Å². The number of phenolic OH excluding ortho intramolecular Hbond substituents is 1. The molecule has 0 saturated heterocycles. The number of rotatable bonds is 9. The molecule has 0 aliphatic heterocycles. The first-order chi connectivity index (χ1) is 19.9. The van der Waals surface area contributed by atoms with Crippen LogP contribution in [-0.4, -0.2) is 35.6 Å². The molecule has 218 valence electrons. The van der Waals surface area contributed by atoms with Crippen LogP contribution in [0.15, 0.2) is 77.8 Å². The molecule has 0 bridgehead atoms. The Bertz CT molecular complexity index is 1770. The summed E-state index contributed by atoms with van der Waals surface area (Å²) < 4.78 is 32.3. The molecule has 0 aliphatic carbocycles. The Hall–Kier alpha value is -3.83. The molecule has 1 heterocycles. The van der Waals surface area contributed by atoms with E-state index in [0.717, 1.165) is 17.8 Å². The zero-order valence-electron chi connectivity index (χ0n) is 22.2. The Morgan fingerprint density at radius 1 is 0.929 bits per heavy atom. The Morgan fingerprint density at radius 3 is 2.33 bits per heavy atom. The topological polar surface area (TPSA) is 135 Å². The minimum atomic E-state index is -4.16. The second-order valence-corrected chi connectivity index (χ2v) is 12.5. The summed E-state index contributed by atoms with van der Waals surface area (Å²) in [6.07, 6.45) is 1.07. The van der Waals surface area contributed by atoms with E-state index < -0.39 is 32.7 Å². The van der Waals surface area contributed by atoms with Crippen molar-refractivity contribution in [2.45, 2.75) is 30.4 Å². The molecule has 0 saturated carbocycles. The summed E-state index contributed by atoms with van der Waals surface area (Å²) in [7, 11) is -4.16. The predicted octanol–water partition coefficient (Wildman–Crippen LogP) is 7.29. The lowest BCUT2D eigenvalue weighted by Gasteiger charge is -2.17.